The number of furan rings is 1. The molecule has 1 atom stereocenters. The van der Waals surface area contributed by atoms with Crippen molar-refractivity contribution in [1.29, 1.82) is 0 Å². The van der Waals surface area contributed by atoms with Crippen molar-refractivity contribution in [3.63, 3.8) is 0 Å². The third kappa shape index (κ3) is 5.26. The largest absolute Gasteiger partial charge is 0.461 e. The zero-order valence-corrected chi connectivity index (χ0v) is 17.1. The first kappa shape index (κ1) is 20.7. The Kier molecular flexibility index (Phi) is 6.71. The molecule has 0 unspecified atom stereocenters. The van der Waals surface area contributed by atoms with E-state index in [0.29, 0.717) is 16.7 Å². The summed E-state index contributed by atoms with van der Waals surface area (Å²) in [6.07, 6.45) is 2.48. The van der Waals surface area contributed by atoms with Gasteiger partial charge in [-0.15, -0.1) is 10.2 Å². The van der Waals surface area contributed by atoms with Crippen molar-refractivity contribution < 1.29 is 14.0 Å². The summed E-state index contributed by atoms with van der Waals surface area (Å²) in [6.45, 7) is 3.94. The van der Waals surface area contributed by atoms with E-state index in [1.165, 1.54) is 23.6 Å². The van der Waals surface area contributed by atoms with Crippen LogP contribution >= 0.6 is 11.8 Å². The van der Waals surface area contributed by atoms with Gasteiger partial charge < -0.3 is 15.5 Å². The van der Waals surface area contributed by atoms with Crippen LogP contribution in [0.25, 0.3) is 11.6 Å². The molecule has 0 spiro atoms. The topological polar surface area (TPSA) is 116 Å². The molecule has 2 aromatic heterocycles. The fourth-order valence-corrected chi connectivity index (χ4v) is 3.57. The minimum Gasteiger partial charge on any atom is -0.461 e. The molecular formula is C20H23N5O3S. The molecule has 0 aliphatic heterocycles. The molecule has 0 aliphatic carbocycles. The number of thioether (sulfide) groups is 1. The van der Waals surface area contributed by atoms with Gasteiger partial charge >= 0.3 is 0 Å². The number of nitrogens with one attached hydrogen (secondary N) is 1. The number of hydrogen-bond acceptors (Lipinski definition) is 6. The molecule has 3 N–H and O–H groups in total. The molecule has 2 heterocycles. The molecule has 2 amide bonds. The van der Waals surface area contributed by atoms with Crippen LogP contribution in [0.4, 0.5) is 0 Å². The van der Waals surface area contributed by atoms with E-state index in [4.69, 9.17) is 10.2 Å². The van der Waals surface area contributed by atoms with E-state index in [1.54, 1.807) is 16.7 Å². The molecular weight excluding hydrogens is 390 g/mol. The molecule has 0 saturated heterocycles. The van der Waals surface area contributed by atoms with Gasteiger partial charge in [0, 0.05) is 0 Å². The lowest BCUT2D eigenvalue weighted by Gasteiger charge is -2.14. The number of aromatic nitrogens is 3. The van der Waals surface area contributed by atoms with Gasteiger partial charge in [0.2, 0.25) is 17.6 Å². The standard InChI is InChI=1S/C20H23N5O3S/c1-3-14-6-8-15(9-7-14)13(2)22-18(27)12-29-20-24-23-19(16-5-4-10-28-16)25(20)11-17(21)26/h4-10,13H,3,11-12H2,1-2H3,(H2,21,26)(H,22,27)/t13-/m1/s1. The normalized spacial score (nSPS) is 11.9. The Morgan fingerprint density at radius 3 is 2.62 bits per heavy atom. The third-order valence-electron chi connectivity index (χ3n) is 4.37. The van der Waals surface area contributed by atoms with Gasteiger partial charge in [-0.1, -0.05) is 43.0 Å². The van der Waals surface area contributed by atoms with E-state index in [-0.39, 0.29) is 24.2 Å². The van der Waals surface area contributed by atoms with Gasteiger partial charge in [-0.2, -0.15) is 0 Å². The molecule has 152 valence electrons. The van der Waals surface area contributed by atoms with Crippen molar-refractivity contribution in [1.82, 2.24) is 20.1 Å². The van der Waals surface area contributed by atoms with Crippen molar-refractivity contribution >= 4 is 23.6 Å². The van der Waals surface area contributed by atoms with Gasteiger partial charge in [-0.05, 0) is 36.6 Å². The summed E-state index contributed by atoms with van der Waals surface area (Å²) in [4.78, 5) is 23.8. The highest BCUT2D eigenvalue weighted by atomic mass is 32.2. The van der Waals surface area contributed by atoms with E-state index in [9.17, 15) is 9.59 Å². The second-order valence-electron chi connectivity index (χ2n) is 6.51. The summed E-state index contributed by atoms with van der Waals surface area (Å²) in [6, 6.07) is 11.5. The first-order valence-electron chi connectivity index (χ1n) is 9.24. The van der Waals surface area contributed by atoms with Crippen LogP contribution in [0.2, 0.25) is 0 Å². The van der Waals surface area contributed by atoms with Crippen LogP contribution in [0.5, 0.6) is 0 Å². The average Bonchev–Trinajstić information content (AvgIpc) is 3.36. The Hall–Kier alpha value is -3.07. The fraction of sp³-hybridized carbons (Fsp3) is 0.300. The minimum absolute atomic E-state index is 0.104. The third-order valence-corrected chi connectivity index (χ3v) is 5.34. The van der Waals surface area contributed by atoms with Gasteiger partial charge in [-0.3, -0.25) is 14.2 Å². The van der Waals surface area contributed by atoms with Crippen LogP contribution in [0.3, 0.4) is 0 Å². The first-order chi connectivity index (χ1) is 14.0. The molecule has 3 rings (SSSR count). The fourth-order valence-electron chi connectivity index (χ4n) is 2.82. The number of primary amides is 1. The van der Waals surface area contributed by atoms with E-state index in [1.807, 2.05) is 19.1 Å². The number of nitrogens with two attached hydrogens (primary N) is 1. The SMILES string of the molecule is CCc1ccc([C@@H](C)NC(=O)CSc2nnc(-c3ccco3)n2CC(N)=O)cc1. The van der Waals surface area contributed by atoms with E-state index in [2.05, 4.69) is 34.6 Å². The number of rotatable bonds is 9. The van der Waals surface area contributed by atoms with Crippen molar-refractivity contribution in [2.75, 3.05) is 5.75 Å². The Balaban J connectivity index is 1.64. The summed E-state index contributed by atoms with van der Waals surface area (Å²) in [5.41, 5.74) is 7.64. The first-order valence-corrected chi connectivity index (χ1v) is 10.2. The summed E-state index contributed by atoms with van der Waals surface area (Å²) < 4.78 is 6.88. The van der Waals surface area contributed by atoms with Crippen LogP contribution in [-0.2, 0) is 22.6 Å². The number of carbonyl (C=O) groups is 2. The van der Waals surface area contributed by atoms with Crippen molar-refractivity contribution in [2.24, 2.45) is 5.73 Å². The number of benzene rings is 1. The highest BCUT2D eigenvalue weighted by Gasteiger charge is 2.19. The van der Waals surface area contributed by atoms with Gasteiger partial charge in [0.25, 0.3) is 0 Å². The smallest absolute Gasteiger partial charge is 0.237 e. The average molecular weight is 414 g/mol. The molecule has 0 saturated carbocycles. The van der Waals surface area contributed by atoms with Crippen LogP contribution in [-0.4, -0.2) is 32.3 Å². The zero-order valence-electron chi connectivity index (χ0n) is 16.3. The van der Waals surface area contributed by atoms with Gasteiger partial charge in [-0.25, -0.2) is 0 Å². The van der Waals surface area contributed by atoms with Crippen molar-refractivity contribution in [3.8, 4) is 11.6 Å². The van der Waals surface area contributed by atoms with E-state index in [0.717, 1.165) is 12.0 Å². The lowest BCUT2D eigenvalue weighted by molar-refractivity contribution is -0.119. The number of carbonyl (C=O) groups excluding carboxylic acids is 2. The number of aryl methyl sites for hydroxylation is 1. The van der Waals surface area contributed by atoms with Crippen LogP contribution in [0.15, 0.2) is 52.2 Å². The summed E-state index contributed by atoms with van der Waals surface area (Å²) >= 11 is 1.19. The van der Waals surface area contributed by atoms with Crippen LogP contribution in [0.1, 0.15) is 31.0 Å². The Morgan fingerprint density at radius 1 is 1.24 bits per heavy atom. The monoisotopic (exact) mass is 413 g/mol. The maximum Gasteiger partial charge on any atom is 0.237 e. The Bertz CT molecular complexity index is 967. The number of nitrogens with zero attached hydrogens (tertiary/aromatic N) is 3. The lowest BCUT2D eigenvalue weighted by Crippen LogP contribution is -2.28. The number of amides is 2. The summed E-state index contributed by atoms with van der Waals surface area (Å²) in [5, 5.41) is 11.5. The predicted octanol–water partition coefficient (Wildman–Crippen LogP) is 2.56. The summed E-state index contributed by atoms with van der Waals surface area (Å²) in [7, 11) is 0. The maximum absolute atomic E-state index is 12.4. The van der Waals surface area contributed by atoms with E-state index >= 15 is 0 Å². The highest BCUT2D eigenvalue weighted by molar-refractivity contribution is 7.99. The molecule has 3 aromatic rings. The Morgan fingerprint density at radius 2 is 2.00 bits per heavy atom. The second-order valence-corrected chi connectivity index (χ2v) is 7.45. The minimum atomic E-state index is -0.534. The second kappa shape index (κ2) is 9.42. The summed E-state index contributed by atoms with van der Waals surface area (Å²) in [5.74, 6) is 0.315. The molecule has 9 heteroatoms. The maximum atomic E-state index is 12.4. The predicted molar refractivity (Wildman–Crippen MR) is 110 cm³/mol. The zero-order chi connectivity index (χ0) is 20.8. The van der Waals surface area contributed by atoms with Gasteiger partial charge in [0.1, 0.15) is 6.54 Å². The quantitative estimate of drug-likeness (QED) is 0.521. The molecule has 0 bridgehead atoms. The van der Waals surface area contributed by atoms with Crippen LogP contribution < -0.4 is 11.1 Å². The molecule has 29 heavy (non-hydrogen) atoms. The molecule has 0 aliphatic rings. The highest BCUT2D eigenvalue weighted by Crippen LogP contribution is 2.24. The lowest BCUT2D eigenvalue weighted by atomic mass is 10.1. The number of hydrogen-bond donors (Lipinski definition) is 2. The van der Waals surface area contributed by atoms with Crippen molar-refractivity contribution in [3.05, 3.63) is 53.8 Å². The van der Waals surface area contributed by atoms with E-state index < -0.39 is 5.91 Å². The van der Waals surface area contributed by atoms with Gasteiger partial charge in [0.05, 0.1) is 18.1 Å². The molecule has 8 nitrogen and oxygen atoms in total. The molecule has 0 fully saturated rings. The van der Waals surface area contributed by atoms with Gasteiger partial charge in [0.15, 0.2) is 10.9 Å². The van der Waals surface area contributed by atoms with Crippen molar-refractivity contribution in [2.45, 2.75) is 38.0 Å². The Labute approximate surface area is 172 Å². The molecule has 1 aromatic carbocycles. The van der Waals surface area contributed by atoms with Crippen LogP contribution in [0, 0.1) is 0 Å². The molecule has 0 radical (unpaired) electrons.